The molecule has 0 aliphatic heterocycles. The number of ether oxygens (including phenoxy) is 2. The highest BCUT2D eigenvalue weighted by Gasteiger charge is 2.14. The Bertz CT molecular complexity index is 1230. The van der Waals surface area contributed by atoms with Crippen molar-refractivity contribution in [2.24, 2.45) is 0 Å². The van der Waals surface area contributed by atoms with Crippen LogP contribution in [0.3, 0.4) is 0 Å². The molecule has 0 bridgehead atoms. The van der Waals surface area contributed by atoms with Gasteiger partial charge in [-0.1, -0.05) is 12.1 Å². The largest absolute Gasteiger partial charge is 0.508 e. The Hall–Kier alpha value is -3.80. The van der Waals surface area contributed by atoms with E-state index in [0.29, 0.717) is 36.7 Å². The van der Waals surface area contributed by atoms with Gasteiger partial charge in [-0.05, 0) is 79.2 Å². The van der Waals surface area contributed by atoms with Gasteiger partial charge in [0.25, 0.3) is 10.0 Å². The Balaban J connectivity index is 1.39. The van der Waals surface area contributed by atoms with Gasteiger partial charge >= 0.3 is 5.97 Å². The van der Waals surface area contributed by atoms with Crippen LogP contribution in [-0.4, -0.2) is 62.1 Å². The van der Waals surface area contributed by atoms with Crippen LogP contribution in [0, 0.1) is 0 Å². The summed E-state index contributed by atoms with van der Waals surface area (Å²) in [5.41, 5.74) is 1.41. The van der Waals surface area contributed by atoms with Gasteiger partial charge in [-0.3, -0.25) is 9.52 Å². The van der Waals surface area contributed by atoms with E-state index in [1.54, 1.807) is 24.3 Å². The van der Waals surface area contributed by atoms with Crippen LogP contribution in [0.2, 0.25) is 0 Å². The van der Waals surface area contributed by atoms with Crippen molar-refractivity contribution in [1.29, 1.82) is 0 Å². The van der Waals surface area contributed by atoms with Gasteiger partial charge in [-0.25, -0.2) is 8.42 Å². The number of rotatable bonds is 15. The Morgan fingerprint density at radius 1 is 0.892 bits per heavy atom. The lowest BCUT2D eigenvalue weighted by Crippen LogP contribution is -2.32. The average Bonchev–Trinajstić information content (AvgIpc) is 2.87. The molecule has 3 aromatic carbocycles. The van der Waals surface area contributed by atoms with Crippen LogP contribution in [0.15, 0.2) is 77.7 Å². The van der Waals surface area contributed by atoms with Crippen LogP contribution in [-0.2, 0) is 21.2 Å². The molecule has 0 saturated heterocycles. The van der Waals surface area contributed by atoms with Crippen LogP contribution in [0.4, 0.5) is 5.69 Å². The number of hydrogen-bond donors (Lipinski definition) is 5. The van der Waals surface area contributed by atoms with Crippen molar-refractivity contribution in [1.82, 2.24) is 5.32 Å². The molecule has 5 N–H and O–H groups in total. The predicted octanol–water partition coefficient (Wildman–Crippen LogP) is 2.62. The lowest BCUT2D eigenvalue weighted by atomic mass is 10.1. The topological polar surface area (TPSA) is 154 Å². The highest BCUT2D eigenvalue weighted by atomic mass is 32.2. The molecule has 3 aromatic rings. The molecule has 0 radical (unpaired) electrons. The number of carbonyl (C=O) groups is 1. The van der Waals surface area contributed by atoms with E-state index in [2.05, 4.69) is 10.0 Å². The number of carboxylic acid groups (broad SMARTS) is 1. The molecule has 0 aliphatic rings. The Labute approximate surface area is 215 Å². The third kappa shape index (κ3) is 9.64. The number of aliphatic hydroxyl groups excluding tert-OH is 1. The summed E-state index contributed by atoms with van der Waals surface area (Å²) in [5.74, 6) is 0.119. The van der Waals surface area contributed by atoms with E-state index in [-0.39, 0.29) is 30.3 Å². The average molecular weight is 531 g/mol. The van der Waals surface area contributed by atoms with Gasteiger partial charge in [0, 0.05) is 12.2 Å². The molecule has 1 unspecified atom stereocenters. The molecule has 0 fully saturated rings. The molecule has 198 valence electrons. The number of phenolic OH excluding ortho intramolecular Hbond substituents is 1. The molecule has 11 heteroatoms. The number of nitrogens with one attached hydrogen (secondary N) is 2. The first-order chi connectivity index (χ1) is 17.7. The van der Waals surface area contributed by atoms with Crippen LogP contribution < -0.4 is 19.5 Å². The highest BCUT2D eigenvalue weighted by Crippen LogP contribution is 2.20. The van der Waals surface area contributed by atoms with Gasteiger partial charge < -0.3 is 30.1 Å². The quantitative estimate of drug-likeness (QED) is 0.187. The number of sulfonamides is 1. The maximum atomic E-state index is 12.6. The van der Waals surface area contributed by atoms with Crippen molar-refractivity contribution < 1.29 is 38.0 Å². The number of phenols is 1. The predicted molar refractivity (Wildman–Crippen MR) is 138 cm³/mol. The molecule has 3 rings (SSSR count). The second-order valence-electron chi connectivity index (χ2n) is 8.18. The standard InChI is InChI=1S/C26H30N2O8S/c29-21-5-7-24(8-6-21)36-18-22(30)17-27-15-13-19-1-3-20(4-2-19)28-37(33,34)25-11-9-23(10-12-25)35-16-14-26(31)32/h1-12,22,27-30H,13-18H2,(H,31,32). The minimum atomic E-state index is -3.80. The zero-order valence-electron chi connectivity index (χ0n) is 20.0. The van der Waals surface area contributed by atoms with Crippen LogP contribution >= 0.6 is 0 Å². The number of hydrogen-bond acceptors (Lipinski definition) is 8. The number of aliphatic carboxylic acids is 1. The third-order valence-electron chi connectivity index (χ3n) is 5.17. The van der Waals surface area contributed by atoms with Crippen molar-refractivity contribution >= 4 is 21.7 Å². The number of anilines is 1. The molecule has 0 spiro atoms. The Morgan fingerprint density at radius 2 is 1.51 bits per heavy atom. The van der Waals surface area contributed by atoms with Gasteiger partial charge in [-0.15, -0.1) is 0 Å². The van der Waals surface area contributed by atoms with E-state index in [1.807, 2.05) is 12.1 Å². The Morgan fingerprint density at radius 3 is 2.16 bits per heavy atom. The number of aliphatic hydroxyl groups is 1. The molecule has 0 heterocycles. The molecular formula is C26H30N2O8S. The molecule has 0 aromatic heterocycles. The van der Waals surface area contributed by atoms with E-state index < -0.39 is 22.1 Å². The van der Waals surface area contributed by atoms with Gasteiger partial charge in [-0.2, -0.15) is 0 Å². The molecule has 0 amide bonds. The normalized spacial score (nSPS) is 12.0. The van der Waals surface area contributed by atoms with E-state index in [9.17, 15) is 23.4 Å². The maximum Gasteiger partial charge on any atom is 0.306 e. The third-order valence-corrected chi connectivity index (χ3v) is 6.57. The minimum Gasteiger partial charge on any atom is -0.508 e. The first-order valence-electron chi connectivity index (χ1n) is 11.6. The zero-order chi connectivity index (χ0) is 26.7. The molecule has 1 atom stereocenters. The number of carboxylic acids is 1. The van der Waals surface area contributed by atoms with Gasteiger partial charge in [0.2, 0.25) is 0 Å². The van der Waals surface area contributed by atoms with Crippen molar-refractivity contribution in [2.45, 2.75) is 23.8 Å². The summed E-state index contributed by atoms with van der Waals surface area (Å²) in [6, 6.07) is 19.0. The number of aromatic hydroxyl groups is 1. The fraction of sp³-hybridized carbons (Fsp3) is 0.269. The fourth-order valence-electron chi connectivity index (χ4n) is 3.22. The van der Waals surface area contributed by atoms with Crippen molar-refractivity contribution in [2.75, 3.05) is 31.0 Å². The summed E-state index contributed by atoms with van der Waals surface area (Å²) in [6.07, 6.45) is -0.162. The lowest BCUT2D eigenvalue weighted by Gasteiger charge is -2.13. The second kappa shape index (κ2) is 13.5. The van der Waals surface area contributed by atoms with Crippen molar-refractivity contribution in [3.05, 3.63) is 78.4 Å². The molecule has 10 nitrogen and oxygen atoms in total. The maximum absolute atomic E-state index is 12.6. The lowest BCUT2D eigenvalue weighted by molar-refractivity contribution is -0.137. The smallest absolute Gasteiger partial charge is 0.306 e. The van der Waals surface area contributed by atoms with Crippen LogP contribution in [0.5, 0.6) is 17.2 Å². The summed E-state index contributed by atoms with van der Waals surface area (Å²) in [7, 11) is -3.80. The zero-order valence-corrected chi connectivity index (χ0v) is 20.9. The summed E-state index contributed by atoms with van der Waals surface area (Å²) in [6.45, 7) is 1.08. The summed E-state index contributed by atoms with van der Waals surface area (Å²) in [5, 5.41) is 31.1. The van der Waals surface area contributed by atoms with Gasteiger partial charge in [0.05, 0.1) is 17.9 Å². The van der Waals surface area contributed by atoms with Crippen molar-refractivity contribution in [3.8, 4) is 17.2 Å². The highest BCUT2D eigenvalue weighted by molar-refractivity contribution is 7.92. The summed E-state index contributed by atoms with van der Waals surface area (Å²) in [4.78, 5) is 10.6. The fourth-order valence-corrected chi connectivity index (χ4v) is 4.28. The molecular weight excluding hydrogens is 500 g/mol. The molecule has 37 heavy (non-hydrogen) atoms. The first kappa shape index (κ1) is 27.8. The summed E-state index contributed by atoms with van der Waals surface area (Å²) >= 11 is 0. The van der Waals surface area contributed by atoms with Gasteiger partial charge in [0.15, 0.2) is 0 Å². The van der Waals surface area contributed by atoms with Crippen LogP contribution in [0.25, 0.3) is 0 Å². The van der Waals surface area contributed by atoms with E-state index in [0.717, 1.165) is 5.56 Å². The SMILES string of the molecule is O=C(O)CCOc1ccc(S(=O)(=O)Nc2ccc(CCNCC(O)COc3ccc(O)cc3)cc2)cc1. The first-order valence-corrected chi connectivity index (χ1v) is 13.1. The summed E-state index contributed by atoms with van der Waals surface area (Å²) < 4.78 is 38.6. The monoisotopic (exact) mass is 530 g/mol. The van der Waals surface area contributed by atoms with Crippen LogP contribution in [0.1, 0.15) is 12.0 Å². The van der Waals surface area contributed by atoms with Crippen molar-refractivity contribution in [3.63, 3.8) is 0 Å². The number of benzene rings is 3. The Kier molecular flexibility index (Phi) is 10.1. The van der Waals surface area contributed by atoms with Gasteiger partial charge in [0.1, 0.15) is 30.0 Å². The van der Waals surface area contributed by atoms with E-state index >= 15 is 0 Å². The second-order valence-corrected chi connectivity index (χ2v) is 9.86. The minimum absolute atomic E-state index is 0.00242. The molecule has 0 aliphatic carbocycles. The van der Waals surface area contributed by atoms with E-state index in [4.69, 9.17) is 14.6 Å². The molecule has 0 saturated carbocycles. The van der Waals surface area contributed by atoms with E-state index in [1.165, 1.54) is 36.4 Å².